The number of aromatic nitrogens is 2. The van der Waals surface area contributed by atoms with Crippen LogP contribution < -0.4 is 0 Å². The van der Waals surface area contributed by atoms with Crippen molar-refractivity contribution in [2.75, 3.05) is 19.6 Å². The molecule has 0 aliphatic heterocycles. The Labute approximate surface area is 102 Å². The van der Waals surface area contributed by atoms with Gasteiger partial charge in [-0.3, -0.25) is 9.69 Å². The summed E-state index contributed by atoms with van der Waals surface area (Å²) in [7, 11) is 1.95. The maximum absolute atomic E-state index is 10.8. The molecule has 0 aliphatic rings. The first-order valence-electron chi connectivity index (χ1n) is 5.89. The molecule has 0 spiro atoms. The molecular weight excluding hydrogens is 218 g/mol. The summed E-state index contributed by atoms with van der Waals surface area (Å²) < 4.78 is 1.97. The van der Waals surface area contributed by atoms with Gasteiger partial charge in [0.05, 0.1) is 6.54 Å². The highest BCUT2D eigenvalue weighted by atomic mass is 16.4. The van der Waals surface area contributed by atoms with Gasteiger partial charge in [0.25, 0.3) is 0 Å². The zero-order valence-corrected chi connectivity index (χ0v) is 10.8. The van der Waals surface area contributed by atoms with E-state index in [1.807, 2.05) is 22.7 Å². The van der Waals surface area contributed by atoms with Crippen molar-refractivity contribution >= 4 is 5.97 Å². The lowest BCUT2D eigenvalue weighted by Gasteiger charge is -2.22. The second-order valence-electron chi connectivity index (χ2n) is 4.73. The average molecular weight is 239 g/mol. The van der Waals surface area contributed by atoms with Gasteiger partial charge in [0.2, 0.25) is 0 Å². The fourth-order valence-corrected chi connectivity index (χ4v) is 1.84. The molecule has 1 aromatic heterocycles. The standard InChI is InChI=1S/C12H21N3O2/c1-10(2)8-15(9-12(16)17)6-4-11-13-5-7-14(11)3/h5,7,10H,4,6,8-9H2,1-3H3,(H,16,17). The predicted octanol–water partition coefficient (Wildman–Crippen LogP) is 1.01. The number of hydrogen-bond acceptors (Lipinski definition) is 3. The molecule has 0 atom stereocenters. The van der Waals surface area contributed by atoms with Gasteiger partial charge in [0.1, 0.15) is 5.82 Å². The number of rotatable bonds is 7. The van der Waals surface area contributed by atoms with Crippen molar-refractivity contribution < 1.29 is 9.90 Å². The third kappa shape index (κ3) is 4.99. The van der Waals surface area contributed by atoms with E-state index < -0.39 is 5.97 Å². The zero-order chi connectivity index (χ0) is 12.8. The monoisotopic (exact) mass is 239 g/mol. The Bertz CT molecular complexity index is 360. The maximum Gasteiger partial charge on any atom is 0.317 e. The van der Waals surface area contributed by atoms with Crippen LogP contribution in [0.2, 0.25) is 0 Å². The van der Waals surface area contributed by atoms with Crippen LogP contribution in [0.4, 0.5) is 0 Å². The summed E-state index contributed by atoms with van der Waals surface area (Å²) in [6.45, 7) is 5.82. The Hall–Kier alpha value is -1.36. The molecular formula is C12H21N3O2. The number of carboxylic acid groups (broad SMARTS) is 1. The van der Waals surface area contributed by atoms with Crippen molar-refractivity contribution in [2.45, 2.75) is 20.3 Å². The molecule has 1 N–H and O–H groups in total. The molecule has 0 aliphatic carbocycles. The summed E-state index contributed by atoms with van der Waals surface area (Å²) in [6.07, 6.45) is 4.45. The van der Waals surface area contributed by atoms with E-state index in [1.165, 1.54) is 0 Å². The smallest absolute Gasteiger partial charge is 0.317 e. The number of aryl methyl sites for hydroxylation is 1. The first-order valence-corrected chi connectivity index (χ1v) is 5.89. The molecule has 1 rings (SSSR count). The molecule has 17 heavy (non-hydrogen) atoms. The van der Waals surface area contributed by atoms with Crippen molar-refractivity contribution in [1.82, 2.24) is 14.5 Å². The Morgan fingerprint density at radius 2 is 2.29 bits per heavy atom. The molecule has 0 aromatic carbocycles. The van der Waals surface area contributed by atoms with Gasteiger partial charge in [0, 0.05) is 39.0 Å². The van der Waals surface area contributed by atoms with Gasteiger partial charge in [-0.1, -0.05) is 13.8 Å². The van der Waals surface area contributed by atoms with Crippen LogP contribution in [0.1, 0.15) is 19.7 Å². The highest BCUT2D eigenvalue weighted by Gasteiger charge is 2.12. The molecule has 0 unspecified atom stereocenters. The predicted molar refractivity (Wildman–Crippen MR) is 65.8 cm³/mol. The highest BCUT2D eigenvalue weighted by Crippen LogP contribution is 2.02. The lowest BCUT2D eigenvalue weighted by atomic mass is 10.2. The van der Waals surface area contributed by atoms with E-state index in [-0.39, 0.29) is 6.54 Å². The Morgan fingerprint density at radius 3 is 2.76 bits per heavy atom. The summed E-state index contributed by atoms with van der Waals surface area (Å²) in [4.78, 5) is 17.0. The van der Waals surface area contributed by atoms with Gasteiger partial charge in [0.15, 0.2) is 0 Å². The largest absolute Gasteiger partial charge is 0.480 e. The summed E-state index contributed by atoms with van der Waals surface area (Å²) >= 11 is 0. The molecule has 1 aromatic rings. The van der Waals surface area contributed by atoms with Crippen LogP contribution in [0.25, 0.3) is 0 Å². The first kappa shape index (κ1) is 13.7. The number of nitrogens with zero attached hydrogens (tertiary/aromatic N) is 3. The summed E-state index contributed by atoms with van der Waals surface area (Å²) in [6, 6.07) is 0. The van der Waals surface area contributed by atoms with E-state index in [4.69, 9.17) is 5.11 Å². The summed E-state index contributed by atoms with van der Waals surface area (Å²) in [5, 5.41) is 8.85. The van der Waals surface area contributed by atoms with Crippen molar-refractivity contribution in [3.8, 4) is 0 Å². The Morgan fingerprint density at radius 1 is 1.59 bits per heavy atom. The maximum atomic E-state index is 10.8. The minimum atomic E-state index is -0.773. The summed E-state index contributed by atoms with van der Waals surface area (Å²) in [5.41, 5.74) is 0. The van der Waals surface area contributed by atoms with E-state index in [1.54, 1.807) is 6.20 Å². The third-order valence-electron chi connectivity index (χ3n) is 2.55. The Balaban J connectivity index is 2.48. The van der Waals surface area contributed by atoms with Crippen LogP contribution in [0.15, 0.2) is 12.4 Å². The third-order valence-corrected chi connectivity index (χ3v) is 2.55. The fourth-order valence-electron chi connectivity index (χ4n) is 1.84. The van der Waals surface area contributed by atoms with Gasteiger partial charge in [-0.2, -0.15) is 0 Å². The second-order valence-corrected chi connectivity index (χ2v) is 4.73. The average Bonchev–Trinajstić information content (AvgIpc) is 2.59. The molecule has 96 valence electrons. The molecule has 0 amide bonds. The molecule has 5 nitrogen and oxygen atoms in total. The number of imidazole rings is 1. The van der Waals surface area contributed by atoms with Crippen LogP contribution in [0.5, 0.6) is 0 Å². The van der Waals surface area contributed by atoms with E-state index in [0.29, 0.717) is 5.92 Å². The van der Waals surface area contributed by atoms with Crippen molar-refractivity contribution in [3.63, 3.8) is 0 Å². The lowest BCUT2D eigenvalue weighted by Crippen LogP contribution is -2.34. The first-order chi connectivity index (χ1) is 7.99. The molecule has 0 radical (unpaired) electrons. The quantitative estimate of drug-likeness (QED) is 0.771. The number of hydrogen-bond donors (Lipinski definition) is 1. The van der Waals surface area contributed by atoms with E-state index >= 15 is 0 Å². The van der Waals surface area contributed by atoms with Gasteiger partial charge in [-0.15, -0.1) is 0 Å². The SMILES string of the molecule is CC(C)CN(CCc1nccn1C)CC(=O)O. The lowest BCUT2D eigenvalue weighted by molar-refractivity contribution is -0.138. The van der Waals surface area contributed by atoms with E-state index in [2.05, 4.69) is 18.8 Å². The van der Waals surface area contributed by atoms with Gasteiger partial charge < -0.3 is 9.67 Å². The van der Waals surface area contributed by atoms with Gasteiger partial charge in [-0.05, 0) is 5.92 Å². The number of aliphatic carboxylic acids is 1. The van der Waals surface area contributed by atoms with Crippen LogP contribution in [-0.2, 0) is 18.3 Å². The highest BCUT2D eigenvalue weighted by molar-refractivity contribution is 5.69. The van der Waals surface area contributed by atoms with Crippen molar-refractivity contribution in [2.24, 2.45) is 13.0 Å². The molecule has 0 saturated carbocycles. The van der Waals surface area contributed by atoms with Crippen LogP contribution in [-0.4, -0.2) is 45.2 Å². The topological polar surface area (TPSA) is 58.4 Å². The minimum Gasteiger partial charge on any atom is -0.480 e. The van der Waals surface area contributed by atoms with Crippen molar-refractivity contribution in [1.29, 1.82) is 0 Å². The molecule has 1 heterocycles. The number of carboxylic acids is 1. The van der Waals surface area contributed by atoms with Crippen LogP contribution in [0, 0.1) is 5.92 Å². The van der Waals surface area contributed by atoms with E-state index in [0.717, 1.165) is 25.3 Å². The van der Waals surface area contributed by atoms with Gasteiger partial charge in [-0.25, -0.2) is 4.98 Å². The van der Waals surface area contributed by atoms with Crippen LogP contribution in [0.3, 0.4) is 0 Å². The van der Waals surface area contributed by atoms with Crippen LogP contribution >= 0.6 is 0 Å². The molecule has 5 heteroatoms. The number of carbonyl (C=O) groups is 1. The minimum absolute atomic E-state index is 0.0998. The molecule has 0 fully saturated rings. The Kier molecular flexibility index (Phi) is 5.15. The summed E-state index contributed by atoms with van der Waals surface area (Å²) in [5.74, 6) is 0.686. The molecule has 0 bridgehead atoms. The zero-order valence-electron chi connectivity index (χ0n) is 10.8. The molecule has 0 saturated heterocycles. The van der Waals surface area contributed by atoms with Crippen molar-refractivity contribution in [3.05, 3.63) is 18.2 Å². The second kappa shape index (κ2) is 6.39. The van der Waals surface area contributed by atoms with E-state index in [9.17, 15) is 4.79 Å². The normalized spacial score (nSPS) is 11.4. The fraction of sp³-hybridized carbons (Fsp3) is 0.667. The van der Waals surface area contributed by atoms with Gasteiger partial charge >= 0.3 is 5.97 Å².